The molecule has 154 valence electrons. The van der Waals surface area contributed by atoms with Gasteiger partial charge < -0.3 is 20.3 Å². The van der Waals surface area contributed by atoms with Gasteiger partial charge >= 0.3 is 0 Å². The van der Waals surface area contributed by atoms with Gasteiger partial charge in [-0.05, 0) is 63.1 Å². The van der Waals surface area contributed by atoms with Crippen LogP contribution in [0.3, 0.4) is 0 Å². The predicted octanol–water partition coefficient (Wildman–Crippen LogP) is 2.85. The minimum Gasteiger partial charge on any atom is -0.490 e. The number of hydrogen-bond donors (Lipinski definition) is 2. The molecule has 1 saturated heterocycles. The average molecular weight is 391 g/mol. The first-order valence-corrected chi connectivity index (χ1v) is 10.3. The largest absolute Gasteiger partial charge is 0.490 e. The average Bonchev–Trinajstić information content (AvgIpc) is 3.35. The van der Waals surface area contributed by atoms with E-state index in [0.29, 0.717) is 30.8 Å². The summed E-state index contributed by atoms with van der Waals surface area (Å²) in [5, 5.41) is 6.39. The second-order valence-corrected chi connectivity index (χ2v) is 7.59. The first-order chi connectivity index (χ1) is 13.6. The van der Waals surface area contributed by atoms with Gasteiger partial charge in [0.05, 0.1) is 12.6 Å². The van der Waals surface area contributed by atoms with Crippen LogP contribution in [0.4, 0.5) is 4.39 Å². The first-order valence-electron chi connectivity index (χ1n) is 10.3. The maximum atomic E-state index is 14.3. The Kier molecular flexibility index (Phi) is 7.12. The van der Waals surface area contributed by atoms with Gasteiger partial charge in [0, 0.05) is 19.6 Å². The Labute approximate surface area is 166 Å². The molecule has 0 aromatic heterocycles. The van der Waals surface area contributed by atoms with Crippen molar-refractivity contribution in [3.63, 3.8) is 0 Å². The molecule has 1 saturated carbocycles. The third-order valence-electron chi connectivity index (χ3n) is 5.16. The number of carbonyl (C=O) groups is 1. The number of halogens is 1. The minimum atomic E-state index is -0.349. The molecule has 2 fully saturated rings. The molecule has 1 aromatic rings. The van der Waals surface area contributed by atoms with E-state index in [4.69, 9.17) is 4.74 Å². The summed E-state index contributed by atoms with van der Waals surface area (Å²) in [5.74, 6) is 1.14. The van der Waals surface area contributed by atoms with Gasteiger partial charge in [-0.15, -0.1) is 0 Å². The summed E-state index contributed by atoms with van der Waals surface area (Å²) in [4.78, 5) is 18.5. The number of ether oxygens (including phenoxy) is 1. The van der Waals surface area contributed by atoms with Gasteiger partial charge in [0.1, 0.15) is 6.54 Å². The van der Waals surface area contributed by atoms with E-state index in [1.165, 1.54) is 18.9 Å². The van der Waals surface area contributed by atoms with Crippen LogP contribution < -0.4 is 15.4 Å². The Morgan fingerprint density at radius 2 is 2.11 bits per heavy atom. The molecular formula is C21H31FN4O2. The van der Waals surface area contributed by atoms with Crippen molar-refractivity contribution in [2.45, 2.75) is 45.6 Å². The number of rotatable bonds is 8. The van der Waals surface area contributed by atoms with Gasteiger partial charge in [0.2, 0.25) is 5.91 Å². The number of carbonyl (C=O) groups excluding carboxylic acids is 1. The standard InChI is InChI=1S/C21H31FN4O2/c1-3-23-21(24-13-20(27)26-10-4-5-11-26)25-15(2)17-8-9-19(18(22)12-17)28-14-16-6-7-16/h8-9,12,15-16H,3-7,10-11,13-14H2,1-2H3,(H2,23,24,25). The molecule has 6 nitrogen and oxygen atoms in total. The van der Waals surface area contributed by atoms with Gasteiger partial charge in [-0.2, -0.15) is 0 Å². The summed E-state index contributed by atoms with van der Waals surface area (Å²) >= 11 is 0. The third kappa shape index (κ3) is 5.84. The van der Waals surface area contributed by atoms with Crippen molar-refractivity contribution < 1.29 is 13.9 Å². The van der Waals surface area contributed by atoms with E-state index in [1.807, 2.05) is 24.8 Å². The molecule has 2 aliphatic rings. The molecule has 1 aliphatic carbocycles. The number of hydrogen-bond acceptors (Lipinski definition) is 3. The molecule has 1 amide bonds. The van der Waals surface area contributed by atoms with Crippen LogP contribution >= 0.6 is 0 Å². The molecule has 1 atom stereocenters. The Hall–Kier alpha value is -2.31. The Bertz CT molecular complexity index is 700. The number of benzene rings is 1. The van der Waals surface area contributed by atoms with Crippen molar-refractivity contribution >= 4 is 11.9 Å². The fourth-order valence-electron chi connectivity index (χ4n) is 3.22. The maximum absolute atomic E-state index is 14.3. The fraction of sp³-hybridized carbons (Fsp3) is 0.619. The molecule has 2 N–H and O–H groups in total. The van der Waals surface area contributed by atoms with Crippen molar-refractivity contribution in [2.75, 3.05) is 32.8 Å². The van der Waals surface area contributed by atoms with Crippen LogP contribution in [0.5, 0.6) is 5.75 Å². The highest BCUT2D eigenvalue weighted by molar-refractivity contribution is 5.85. The quantitative estimate of drug-likeness (QED) is 0.529. The number of likely N-dealkylation sites (tertiary alicyclic amines) is 1. The van der Waals surface area contributed by atoms with Crippen molar-refractivity contribution in [3.05, 3.63) is 29.6 Å². The number of aliphatic imine (C=N–C) groups is 1. The van der Waals surface area contributed by atoms with E-state index in [2.05, 4.69) is 15.6 Å². The molecule has 3 rings (SSSR count). The van der Waals surface area contributed by atoms with Crippen molar-refractivity contribution in [1.82, 2.24) is 15.5 Å². The SMILES string of the molecule is CCNC(=NCC(=O)N1CCCC1)NC(C)c1ccc(OCC2CC2)c(F)c1. The van der Waals surface area contributed by atoms with E-state index in [9.17, 15) is 9.18 Å². The highest BCUT2D eigenvalue weighted by atomic mass is 19.1. The predicted molar refractivity (Wildman–Crippen MR) is 108 cm³/mol. The highest BCUT2D eigenvalue weighted by Crippen LogP contribution is 2.30. The summed E-state index contributed by atoms with van der Waals surface area (Å²) < 4.78 is 19.9. The van der Waals surface area contributed by atoms with Gasteiger partial charge in [-0.1, -0.05) is 6.07 Å². The zero-order chi connectivity index (χ0) is 19.9. The zero-order valence-electron chi connectivity index (χ0n) is 16.8. The number of guanidine groups is 1. The lowest BCUT2D eigenvalue weighted by Crippen LogP contribution is -2.40. The first kappa shape index (κ1) is 20.4. The molecular weight excluding hydrogens is 359 g/mol. The molecule has 1 aromatic carbocycles. The van der Waals surface area contributed by atoms with Crippen LogP contribution in [0.15, 0.2) is 23.2 Å². The Morgan fingerprint density at radius 3 is 2.75 bits per heavy atom. The smallest absolute Gasteiger partial charge is 0.244 e. The second kappa shape index (κ2) is 9.75. The van der Waals surface area contributed by atoms with Gasteiger partial charge in [0.25, 0.3) is 0 Å². The van der Waals surface area contributed by atoms with Gasteiger partial charge in [0.15, 0.2) is 17.5 Å². The summed E-state index contributed by atoms with van der Waals surface area (Å²) in [6.07, 6.45) is 4.48. The zero-order valence-corrected chi connectivity index (χ0v) is 16.8. The maximum Gasteiger partial charge on any atom is 0.244 e. The summed E-state index contributed by atoms with van der Waals surface area (Å²) in [6, 6.07) is 4.89. The number of nitrogens with one attached hydrogen (secondary N) is 2. The lowest BCUT2D eigenvalue weighted by molar-refractivity contribution is -0.128. The van der Waals surface area contributed by atoms with E-state index in [1.54, 1.807) is 6.07 Å². The van der Waals surface area contributed by atoms with Gasteiger partial charge in [-0.3, -0.25) is 4.79 Å². The van der Waals surface area contributed by atoms with E-state index < -0.39 is 0 Å². The highest BCUT2D eigenvalue weighted by Gasteiger charge is 2.23. The van der Waals surface area contributed by atoms with E-state index in [-0.39, 0.29) is 24.3 Å². The number of nitrogens with zero attached hydrogens (tertiary/aromatic N) is 2. The van der Waals surface area contributed by atoms with Crippen molar-refractivity contribution in [3.8, 4) is 5.75 Å². The minimum absolute atomic E-state index is 0.0468. The van der Waals surface area contributed by atoms with Crippen LogP contribution in [0.1, 0.15) is 51.1 Å². The Morgan fingerprint density at radius 1 is 1.36 bits per heavy atom. The lowest BCUT2D eigenvalue weighted by Gasteiger charge is -2.19. The summed E-state index contributed by atoms with van der Waals surface area (Å²) in [6.45, 7) is 6.94. The summed E-state index contributed by atoms with van der Waals surface area (Å²) in [7, 11) is 0. The lowest BCUT2D eigenvalue weighted by atomic mass is 10.1. The normalized spacial score (nSPS) is 18.1. The molecule has 0 spiro atoms. The monoisotopic (exact) mass is 390 g/mol. The molecule has 7 heteroatoms. The molecule has 1 heterocycles. The second-order valence-electron chi connectivity index (χ2n) is 7.59. The number of amides is 1. The van der Waals surface area contributed by atoms with Crippen LogP contribution in [-0.4, -0.2) is 49.6 Å². The molecule has 0 radical (unpaired) electrons. The van der Waals surface area contributed by atoms with Crippen LogP contribution in [-0.2, 0) is 4.79 Å². The summed E-state index contributed by atoms with van der Waals surface area (Å²) in [5.41, 5.74) is 0.799. The van der Waals surface area contributed by atoms with Crippen LogP contribution in [0, 0.1) is 11.7 Å². The molecule has 1 unspecified atom stereocenters. The third-order valence-corrected chi connectivity index (χ3v) is 5.16. The van der Waals surface area contributed by atoms with Crippen LogP contribution in [0.2, 0.25) is 0 Å². The van der Waals surface area contributed by atoms with E-state index >= 15 is 0 Å². The van der Waals surface area contributed by atoms with Gasteiger partial charge in [-0.25, -0.2) is 9.38 Å². The topological polar surface area (TPSA) is 66.0 Å². The van der Waals surface area contributed by atoms with Crippen LogP contribution in [0.25, 0.3) is 0 Å². The van der Waals surface area contributed by atoms with Crippen molar-refractivity contribution in [1.29, 1.82) is 0 Å². The molecule has 0 bridgehead atoms. The van der Waals surface area contributed by atoms with Crippen molar-refractivity contribution in [2.24, 2.45) is 10.9 Å². The molecule has 1 aliphatic heterocycles. The Balaban J connectivity index is 1.57. The molecule has 28 heavy (non-hydrogen) atoms. The fourth-order valence-corrected chi connectivity index (χ4v) is 3.22. The van der Waals surface area contributed by atoms with E-state index in [0.717, 1.165) is 31.5 Å².